The van der Waals surface area contributed by atoms with Gasteiger partial charge >= 0.3 is 0 Å². The van der Waals surface area contributed by atoms with Gasteiger partial charge in [-0.2, -0.15) is 0 Å². The summed E-state index contributed by atoms with van der Waals surface area (Å²) in [7, 11) is 1.72. The number of nitrogens with two attached hydrogens (primary N) is 1. The van der Waals surface area contributed by atoms with Crippen molar-refractivity contribution < 1.29 is 4.79 Å². The lowest BCUT2D eigenvalue weighted by atomic mass is 10.2. The first kappa shape index (κ1) is 12.2. The van der Waals surface area contributed by atoms with Gasteiger partial charge in [-0.05, 0) is 30.2 Å². The van der Waals surface area contributed by atoms with Crippen molar-refractivity contribution in [3.05, 3.63) is 42.4 Å². The SMILES string of the molecule is CN(C(=O)CCc1cc[nH]c1)c1ccc(N)cn1. The maximum absolute atomic E-state index is 12.0. The molecule has 0 unspecified atom stereocenters. The fraction of sp³-hybridized carbons (Fsp3) is 0.231. The van der Waals surface area contributed by atoms with Gasteiger partial charge in [-0.15, -0.1) is 0 Å². The highest BCUT2D eigenvalue weighted by Gasteiger charge is 2.11. The third-order valence-electron chi connectivity index (χ3n) is 2.78. The first-order valence-electron chi connectivity index (χ1n) is 5.76. The summed E-state index contributed by atoms with van der Waals surface area (Å²) in [6.45, 7) is 0. The number of carbonyl (C=O) groups excluding carboxylic acids is 1. The van der Waals surface area contributed by atoms with Crippen LogP contribution in [0.4, 0.5) is 11.5 Å². The molecule has 0 saturated heterocycles. The van der Waals surface area contributed by atoms with Crippen molar-refractivity contribution in [2.24, 2.45) is 0 Å². The standard InChI is InChI=1S/C13H16N4O/c1-17(12-4-3-11(14)9-16-12)13(18)5-2-10-6-7-15-8-10/h3-4,6-9,15H,2,5,14H2,1H3. The summed E-state index contributed by atoms with van der Waals surface area (Å²) in [6, 6.07) is 5.44. The Kier molecular flexibility index (Phi) is 3.62. The molecule has 0 bridgehead atoms. The molecule has 0 aromatic carbocycles. The van der Waals surface area contributed by atoms with Crippen LogP contribution in [-0.4, -0.2) is 22.9 Å². The number of pyridine rings is 1. The molecular weight excluding hydrogens is 228 g/mol. The van der Waals surface area contributed by atoms with E-state index in [9.17, 15) is 4.79 Å². The van der Waals surface area contributed by atoms with E-state index in [1.165, 1.54) is 0 Å². The predicted octanol–water partition coefficient (Wildman–Crippen LogP) is 1.59. The molecule has 2 aromatic heterocycles. The number of nitrogens with zero attached hydrogens (tertiary/aromatic N) is 2. The highest BCUT2D eigenvalue weighted by molar-refractivity contribution is 5.92. The number of aromatic nitrogens is 2. The molecule has 5 heteroatoms. The van der Waals surface area contributed by atoms with Gasteiger partial charge in [0.15, 0.2) is 0 Å². The molecule has 0 atom stereocenters. The van der Waals surface area contributed by atoms with Crippen molar-refractivity contribution >= 4 is 17.4 Å². The van der Waals surface area contributed by atoms with Crippen LogP contribution in [-0.2, 0) is 11.2 Å². The van der Waals surface area contributed by atoms with Crippen molar-refractivity contribution in [3.8, 4) is 0 Å². The van der Waals surface area contributed by atoms with Crippen LogP contribution < -0.4 is 10.6 Å². The number of nitrogens with one attached hydrogen (secondary N) is 1. The number of nitrogen functional groups attached to an aromatic ring is 1. The number of anilines is 2. The minimum atomic E-state index is 0.0356. The van der Waals surface area contributed by atoms with Gasteiger partial charge in [0.1, 0.15) is 5.82 Å². The molecule has 0 saturated carbocycles. The lowest BCUT2D eigenvalue weighted by molar-refractivity contribution is -0.118. The number of rotatable bonds is 4. The quantitative estimate of drug-likeness (QED) is 0.857. The molecule has 94 valence electrons. The van der Waals surface area contributed by atoms with E-state index in [-0.39, 0.29) is 5.91 Å². The summed E-state index contributed by atoms with van der Waals surface area (Å²) >= 11 is 0. The van der Waals surface area contributed by atoms with Gasteiger partial charge in [-0.1, -0.05) is 0 Å². The van der Waals surface area contributed by atoms with E-state index < -0.39 is 0 Å². The Balaban J connectivity index is 1.94. The van der Waals surface area contributed by atoms with Gasteiger partial charge in [0.25, 0.3) is 0 Å². The van der Waals surface area contributed by atoms with Crippen LogP contribution in [0.25, 0.3) is 0 Å². The highest BCUT2D eigenvalue weighted by atomic mass is 16.2. The topological polar surface area (TPSA) is 75.0 Å². The summed E-state index contributed by atoms with van der Waals surface area (Å²) in [6.07, 6.45) is 6.48. The van der Waals surface area contributed by atoms with E-state index in [0.29, 0.717) is 17.9 Å². The van der Waals surface area contributed by atoms with Crippen molar-refractivity contribution in [1.82, 2.24) is 9.97 Å². The van der Waals surface area contributed by atoms with E-state index in [1.54, 1.807) is 30.3 Å². The molecule has 5 nitrogen and oxygen atoms in total. The lowest BCUT2D eigenvalue weighted by Gasteiger charge is -2.15. The van der Waals surface area contributed by atoms with Crippen LogP contribution in [0.2, 0.25) is 0 Å². The molecule has 0 aliphatic carbocycles. The molecule has 0 aliphatic rings. The second kappa shape index (κ2) is 5.35. The van der Waals surface area contributed by atoms with Crippen LogP contribution in [0.3, 0.4) is 0 Å². The number of aryl methyl sites for hydroxylation is 1. The van der Waals surface area contributed by atoms with Gasteiger partial charge < -0.3 is 10.7 Å². The van der Waals surface area contributed by atoms with Gasteiger partial charge in [0.2, 0.25) is 5.91 Å². The normalized spacial score (nSPS) is 10.3. The van der Waals surface area contributed by atoms with Gasteiger partial charge in [0, 0.05) is 25.9 Å². The molecule has 0 aliphatic heterocycles. The average Bonchev–Trinajstić information content (AvgIpc) is 2.89. The van der Waals surface area contributed by atoms with Crippen LogP contribution in [0, 0.1) is 0 Å². The molecular formula is C13H16N4O. The predicted molar refractivity (Wildman–Crippen MR) is 71.2 cm³/mol. The Morgan fingerprint density at radius 3 is 2.89 bits per heavy atom. The van der Waals surface area contributed by atoms with Crippen LogP contribution in [0.1, 0.15) is 12.0 Å². The Morgan fingerprint density at radius 2 is 2.28 bits per heavy atom. The zero-order valence-corrected chi connectivity index (χ0v) is 10.3. The Morgan fingerprint density at radius 1 is 1.44 bits per heavy atom. The molecule has 0 fully saturated rings. The average molecular weight is 244 g/mol. The summed E-state index contributed by atoms with van der Waals surface area (Å²) in [5, 5.41) is 0. The molecule has 0 spiro atoms. The molecule has 18 heavy (non-hydrogen) atoms. The molecule has 2 aromatic rings. The lowest BCUT2D eigenvalue weighted by Crippen LogP contribution is -2.27. The van der Waals surface area contributed by atoms with Gasteiger partial charge in [-0.25, -0.2) is 4.98 Å². The van der Waals surface area contributed by atoms with E-state index in [1.807, 2.05) is 18.5 Å². The van der Waals surface area contributed by atoms with Gasteiger partial charge in [-0.3, -0.25) is 9.69 Å². The molecule has 1 amide bonds. The van der Waals surface area contributed by atoms with E-state index in [0.717, 1.165) is 12.0 Å². The number of carbonyl (C=O) groups is 1. The number of amides is 1. The van der Waals surface area contributed by atoms with E-state index >= 15 is 0 Å². The van der Waals surface area contributed by atoms with Gasteiger partial charge in [0.05, 0.1) is 11.9 Å². The number of H-pyrrole nitrogens is 1. The zero-order chi connectivity index (χ0) is 13.0. The highest BCUT2D eigenvalue weighted by Crippen LogP contribution is 2.12. The van der Waals surface area contributed by atoms with Crippen molar-refractivity contribution in [3.63, 3.8) is 0 Å². The smallest absolute Gasteiger partial charge is 0.228 e. The Hall–Kier alpha value is -2.30. The number of hydrogen-bond acceptors (Lipinski definition) is 3. The van der Waals surface area contributed by atoms with Crippen LogP contribution in [0.15, 0.2) is 36.8 Å². The monoisotopic (exact) mass is 244 g/mol. The summed E-state index contributed by atoms with van der Waals surface area (Å²) in [5.74, 6) is 0.650. The maximum atomic E-state index is 12.0. The molecule has 3 N–H and O–H groups in total. The minimum absolute atomic E-state index is 0.0356. The second-order valence-electron chi connectivity index (χ2n) is 4.12. The van der Waals surface area contributed by atoms with Crippen molar-refractivity contribution in [2.45, 2.75) is 12.8 Å². The number of hydrogen-bond donors (Lipinski definition) is 2. The van der Waals surface area contributed by atoms with E-state index in [4.69, 9.17) is 5.73 Å². The van der Waals surface area contributed by atoms with Crippen molar-refractivity contribution in [2.75, 3.05) is 17.7 Å². The first-order valence-corrected chi connectivity index (χ1v) is 5.76. The number of aromatic amines is 1. The third-order valence-corrected chi connectivity index (χ3v) is 2.78. The van der Waals surface area contributed by atoms with Crippen LogP contribution in [0.5, 0.6) is 0 Å². The zero-order valence-electron chi connectivity index (χ0n) is 10.3. The fourth-order valence-electron chi connectivity index (χ4n) is 1.66. The second-order valence-corrected chi connectivity index (χ2v) is 4.12. The fourth-order valence-corrected chi connectivity index (χ4v) is 1.66. The first-order chi connectivity index (χ1) is 8.66. The summed E-state index contributed by atoms with van der Waals surface area (Å²) in [5.41, 5.74) is 7.27. The van der Waals surface area contributed by atoms with Crippen molar-refractivity contribution in [1.29, 1.82) is 0 Å². The van der Waals surface area contributed by atoms with Crippen LogP contribution >= 0.6 is 0 Å². The molecule has 0 radical (unpaired) electrons. The summed E-state index contributed by atoms with van der Waals surface area (Å²) in [4.78, 5) is 20.6. The summed E-state index contributed by atoms with van der Waals surface area (Å²) < 4.78 is 0. The largest absolute Gasteiger partial charge is 0.397 e. The Labute approximate surface area is 106 Å². The molecule has 2 heterocycles. The van der Waals surface area contributed by atoms with E-state index in [2.05, 4.69) is 9.97 Å². The molecule has 2 rings (SSSR count). The Bertz CT molecular complexity index is 504. The maximum Gasteiger partial charge on any atom is 0.228 e. The third kappa shape index (κ3) is 2.88. The minimum Gasteiger partial charge on any atom is -0.397 e.